The third-order valence-corrected chi connectivity index (χ3v) is 7.27. The molecule has 0 saturated carbocycles. The lowest BCUT2D eigenvalue weighted by molar-refractivity contribution is 0.0601. The van der Waals surface area contributed by atoms with Gasteiger partial charge in [-0.3, -0.25) is 19.3 Å². The Balaban J connectivity index is 1.59. The summed E-state index contributed by atoms with van der Waals surface area (Å²) in [5.41, 5.74) is 2.05. The first-order valence-corrected chi connectivity index (χ1v) is 13.2. The van der Waals surface area contributed by atoms with Crippen LogP contribution in [0.3, 0.4) is 0 Å². The molecule has 6 rings (SSSR count). The molecule has 4 aromatic rings. The van der Waals surface area contributed by atoms with E-state index in [-0.39, 0.29) is 42.9 Å². The molecule has 2 aliphatic heterocycles. The minimum absolute atomic E-state index is 0.0281. The van der Waals surface area contributed by atoms with Crippen LogP contribution in [0.15, 0.2) is 108 Å². The van der Waals surface area contributed by atoms with Crippen LogP contribution in [-0.2, 0) is 6.61 Å². The molecule has 0 spiro atoms. The molecule has 0 radical (unpaired) electrons. The van der Waals surface area contributed by atoms with Crippen LogP contribution in [0, 0.1) is 5.82 Å². The molecular formula is C32H28FN3O4. The molecule has 1 aromatic heterocycles. The van der Waals surface area contributed by atoms with Crippen LogP contribution in [0.4, 0.5) is 4.39 Å². The van der Waals surface area contributed by atoms with Gasteiger partial charge in [0.05, 0.1) is 0 Å². The molecule has 8 heteroatoms. The lowest BCUT2D eigenvalue weighted by Gasteiger charge is -2.48. The van der Waals surface area contributed by atoms with Crippen LogP contribution in [0.1, 0.15) is 40.1 Å². The van der Waals surface area contributed by atoms with Crippen molar-refractivity contribution in [2.45, 2.75) is 25.7 Å². The smallest absolute Gasteiger partial charge is 0.278 e. The lowest BCUT2D eigenvalue weighted by Crippen LogP contribution is -2.61. The van der Waals surface area contributed by atoms with E-state index < -0.39 is 23.5 Å². The monoisotopic (exact) mass is 537 g/mol. The number of para-hydroxylation sites is 1. The van der Waals surface area contributed by atoms with Crippen molar-refractivity contribution in [3.63, 3.8) is 0 Å². The minimum atomic E-state index is -0.571. The van der Waals surface area contributed by atoms with Gasteiger partial charge in [-0.25, -0.2) is 4.39 Å². The third-order valence-electron chi connectivity index (χ3n) is 7.27. The Labute approximate surface area is 231 Å². The van der Waals surface area contributed by atoms with Crippen molar-refractivity contribution in [1.82, 2.24) is 9.58 Å². The molecule has 40 heavy (non-hydrogen) atoms. The first-order chi connectivity index (χ1) is 19.5. The van der Waals surface area contributed by atoms with Gasteiger partial charge in [-0.1, -0.05) is 78.9 Å². The van der Waals surface area contributed by atoms with Crippen LogP contribution >= 0.6 is 0 Å². The van der Waals surface area contributed by atoms with Crippen molar-refractivity contribution in [1.29, 1.82) is 0 Å². The maximum Gasteiger partial charge on any atom is 0.278 e. The van der Waals surface area contributed by atoms with Crippen LogP contribution in [0.2, 0.25) is 0 Å². The molecule has 3 heterocycles. The van der Waals surface area contributed by atoms with Crippen molar-refractivity contribution in [3.8, 4) is 11.5 Å². The fourth-order valence-electron chi connectivity index (χ4n) is 5.36. The number of hydrogen-bond acceptors (Lipinski definition) is 5. The van der Waals surface area contributed by atoms with Gasteiger partial charge in [0, 0.05) is 24.4 Å². The number of halogens is 1. The molecular weight excluding hydrogens is 509 g/mol. The number of ether oxygens (including phenoxy) is 2. The topological polar surface area (TPSA) is 64.0 Å². The van der Waals surface area contributed by atoms with Gasteiger partial charge in [-0.2, -0.15) is 0 Å². The number of carbonyl (C=O) groups excluding carboxylic acids is 1. The van der Waals surface area contributed by atoms with E-state index in [1.165, 1.54) is 12.1 Å². The van der Waals surface area contributed by atoms with Crippen LogP contribution in [0.5, 0.6) is 11.5 Å². The molecule has 2 atom stereocenters. The third kappa shape index (κ3) is 4.51. The highest BCUT2D eigenvalue weighted by Gasteiger charge is 2.42. The second-order valence-electron chi connectivity index (χ2n) is 9.70. The quantitative estimate of drug-likeness (QED) is 0.341. The molecule has 202 valence electrons. The maximum atomic E-state index is 15.3. The Bertz CT molecular complexity index is 1620. The van der Waals surface area contributed by atoms with E-state index in [4.69, 9.17) is 9.47 Å². The summed E-state index contributed by atoms with van der Waals surface area (Å²) in [6, 6.07) is 24.8. The predicted molar refractivity (Wildman–Crippen MR) is 150 cm³/mol. The van der Waals surface area contributed by atoms with E-state index >= 15 is 4.39 Å². The SMILES string of the molecule is CC1N2C/C=C/COc3c(F)cccc3C(c3ccccc3)N1n1ccc(=O)c(OCc3ccccc3)c1C2=O. The lowest BCUT2D eigenvalue weighted by atomic mass is 9.96. The molecule has 7 nitrogen and oxygen atoms in total. The second-order valence-corrected chi connectivity index (χ2v) is 9.70. The van der Waals surface area contributed by atoms with Gasteiger partial charge in [-0.05, 0) is 30.2 Å². The number of rotatable bonds is 4. The molecule has 0 N–H and O–H groups in total. The van der Waals surface area contributed by atoms with Gasteiger partial charge in [0.2, 0.25) is 5.43 Å². The number of amides is 1. The van der Waals surface area contributed by atoms with Crippen molar-refractivity contribution in [2.24, 2.45) is 0 Å². The zero-order valence-electron chi connectivity index (χ0n) is 21.9. The highest BCUT2D eigenvalue weighted by Crippen LogP contribution is 2.40. The Morgan fingerprint density at radius 1 is 0.925 bits per heavy atom. The average molecular weight is 538 g/mol. The van der Waals surface area contributed by atoms with E-state index in [1.54, 1.807) is 27.9 Å². The highest BCUT2D eigenvalue weighted by molar-refractivity contribution is 5.96. The predicted octanol–water partition coefficient (Wildman–Crippen LogP) is 5.04. The Morgan fingerprint density at radius 2 is 1.68 bits per heavy atom. The molecule has 0 saturated heterocycles. The fraction of sp³-hybridized carbons (Fsp3) is 0.188. The van der Waals surface area contributed by atoms with Crippen LogP contribution in [-0.4, -0.2) is 34.8 Å². The second kappa shape index (κ2) is 10.7. The maximum absolute atomic E-state index is 15.3. The summed E-state index contributed by atoms with van der Waals surface area (Å²) in [6.45, 7) is 2.45. The zero-order valence-corrected chi connectivity index (χ0v) is 21.9. The van der Waals surface area contributed by atoms with E-state index in [0.717, 1.165) is 11.1 Å². The summed E-state index contributed by atoms with van der Waals surface area (Å²) in [5.74, 6) is -0.697. The van der Waals surface area contributed by atoms with Gasteiger partial charge < -0.3 is 14.4 Å². The van der Waals surface area contributed by atoms with Crippen LogP contribution < -0.4 is 19.9 Å². The summed E-state index contributed by atoms with van der Waals surface area (Å²) in [6.07, 6.45) is 4.69. The summed E-state index contributed by atoms with van der Waals surface area (Å²) in [4.78, 5) is 28.9. The van der Waals surface area contributed by atoms with Crippen molar-refractivity contribution < 1.29 is 18.7 Å². The summed E-state index contributed by atoms with van der Waals surface area (Å²) in [7, 11) is 0. The van der Waals surface area contributed by atoms with Gasteiger partial charge >= 0.3 is 0 Å². The van der Waals surface area contributed by atoms with Gasteiger partial charge in [0.25, 0.3) is 5.91 Å². The summed E-state index contributed by atoms with van der Waals surface area (Å²) < 4.78 is 29.0. The highest BCUT2D eigenvalue weighted by atomic mass is 19.1. The molecule has 2 bridgehead atoms. The fourth-order valence-corrected chi connectivity index (χ4v) is 5.36. The minimum Gasteiger partial charge on any atom is -0.486 e. The number of nitrogens with zero attached hydrogens (tertiary/aromatic N) is 3. The number of benzene rings is 3. The zero-order chi connectivity index (χ0) is 27.6. The average Bonchev–Trinajstić information content (AvgIpc) is 2.99. The Kier molecular flexibility index (Phi) is 6.82. The van der Waals surface area contributed by atoms with Crippen LogP contribution in [0.25, 0.3) is 0 Å². The standard InChI is InChI=1S/C32H28FN3O4/c1-22-34-18-8-9-20-39-30-25(15-10-16-26(30)33)28(24-13-6-3-7-14-24)36(22)35-19-17-27(37)31(29(35)32(34)38)40-21-23-11-4-2-5-12-23/h2-17,19,22,28H,18,20-21H2,1H3/b9-8+. The van der Waals surface area contributed by atoms with Crippen molar-refractivity contribution in [2.75, 3.05) is 18.2 Å². The molecule has 0 fully saturated rings. The number of carbonyl (C=O) groups is 1. The first-order valence-electron chi connectivity index (χ1n) is 13.2. The molecule has 2 unspecified atom stereocenters. The normalized spacial score (nSPS) is 19.1. The van der Waals surface area contributed by atoms with Crippen molar-refractivity contribution >= 4 is 5.91 Å². The molecule has 0 aliphatic carbocycles. The molecule has 2 aliphatic rings. The van der Waals surface area contributed by atoms with E-state index in [2.05, 4.69) is 0 Å². The Morgan fingerprint density at radius 3 is 2.45 bits per heavy atom. The largest absolute Gasteiger partial charge is 0.486 e. The van der Waals surface area contributed by atoms with Gasteiger partial charge in [-0.15, -0.1) is 0 Å². The molecule has 1 amide bonds. The number of fused-ring (bicyclic) bond motifs is 5. The van der Waals surface area contributed by atoms with E-state index in [9.17, 15) is 9.59 Å². The number of aromatic nitrogens is 1. The summed E-state index contributed by atoms with van der Waals surface area (Å²) in [5, 5.41) is 1.97. The van der Waals surface area contributed by atoms with E-state index in [1.807, 2.05) is 84.7 Å². The molecule has 3 aromatic carbocycles. The number of hydrogen-bond donors (Lipinski definition) is 0. The van der Waals surface area contributed by atoms with Gasteiger partial charge in [0.15, 0.2) is 23.0 Å². The van der Waals surface area contributed by atoms with Gasteiger partial charge in [0.1, 0.15) is 25.4 Å². The van der Waals surface area contributed by atoms with E-state index in [0.29, 0.717) is 5.56 Å². The summed E-state index contributed by atoms with van der Waals surface area (Å²) >= 11 is 0. The Hall–Kier alpha value is -4.85. The first kappa shape index (κ1) is 25.4. The van der Waals surface area contributed by atoms with Crippen molar-refractivity contribution in [3.05, 3.63) is 142 Å². The number of pyridine rings is 1.